The van der Waals surface area contributed by atoms with Crippen LogP contribution in [-0.2, 0) is 11.3 Å². The molecule has 0 spiro atoms. The summed E-state index contributed by atoms with van der Waals surface area (Å²) < 4.78 is 11.0. The Kier molecular flexibility index (Phi) is 5.32. The molecule has 1 aliphatic heterocycles. The highest BCUT2D eigenvalue weighted by Crippen LogP contribution is 2.33. The first kappa shape index (κ1) is 18.5. The molecule has 1 unspecified atom stereocenters. The second-order valence-corrected chi connectivity index (χ2v) is 7.35. The molecule has 3 aromatic rings. The molecule has 0 saturated carbocycles. The quantitative estimate of drug-likeness (QED) is 0.694. The zero-order valence-corrected chi connectivity index (χ0v) is 16.2. The third kappa shape index (κ3) is 4.03. The topological polar surface area (TPSA) is 63.4 Å². The second kappa shape index (κ2) is 8.04. The van der Waals surface area contributed by atoms with Crippen LogP contribution in [0.25, 0.3) is 0 Å². The summed E-state index contributed by atoms with van der Waals surface area (Å²) in [4.78, 5) is 14.0. The summed E-state index contributed by atoms with van der Waals surface area (Å²) >= 11 is 5.99. The summed E-state index contributed by atoms with van der Waals surface area (Å²) in [6.45, 7) is 0.932. The lowest BCUT2D eigenvalue weighted by Gasteiger charge is -2.21. The minimum atomic E-state index is -0.246. The first-order valence-corrected chi connectivity index (χ1v) is 9.50. The van der Waals surface area contributed by atoms with Crippen molar-refractivity contribution in [3.63, 3.8) is 0 Å². The van der Waals surface area contributed by atoms with Crippen LogP contribution in [0.3, 0.4) is 0 Å². The summed E-state index contributed by atoms with van der Waals surface area (Å²) in [7, 11) is 1.96. The molecule has 1 amide bonds. The number of hydrogen-bond acceptors (Lipinski definition) is 4. The van der Waals surface area contributed by atoms with Crippen LogP contribution in [0.5, 0.6) is 0 Å². The van der Waals surface area contributed by atoms with E-state index in [1.54, 1.807) is 17.5 Å². The van der Waals surface area contributed by atoms with Crippen LogP contribution in [0.15, 0.2) is 75.0 Å². The van der Waals surface area contributed by atoms with Gasteiger partial charge in [0.25, 0.3) is 5.91 Å². The van der Waals surface area contributed by atoms with Gasteiger partial charge in [-0.25, -0.2) is 5.01 Å². The number of carbonyl (C=O) groups excluding carboxylic acids is 1. The normalized spacial score (nSPS) is 17.6. The molecular formula is C21H21ClN3O3+. The van der Waals surface area contributed by atoms with Crippen molar-refractivity contribution < 1.29 is 18.5 Å². The van der Waals surface area contributed by atoms with Gasteiger partial charge in [-0.3, -0.25) is 4.79 Å². The van der Waals surface area contributed by atoms with E-state index in [-0.39, 0.29) is 11.9 Å². The van der Waals surface area contributed by atoms with Gasteiger partial charge in [0.15, 0.2) is 12.3 Å². The molecule has 28 heavy (non-hydrogen) atoms. The summed E-state index contributed by atoms with van der Waals surface area (Å²) in [6.07, 6.45) is 3.85. The number of halogens is 1. The van der Waals surface area contributed by atoms with E-state index in [9.17, 15) is 4.79 Å². The Morgan fingerprint density at radius 1 is 1.18 bits per heavy atom. The van der Waals surface area contributed by atoms with Crippen LogP contribution in [0.4, 0.5) is 0 Å². The molecule has 3 heterocycles. The highest BCUT2D eigenvalue weighted by Gasteiger charge is 2.36. The molecule has 2 atom stereocenters. The minimum absolute atomic E-state index is 0.0607. The van der Waals surface area contributed by atoms with Crippen LogP contribution in [0.2, 0.25) is 5.02 Å². The fourth-order valence-corrected chi connectivity index (χ4v) is 3.50. The van der Waals surface area contributed by atoms with Crippen LogP contribution >= 0.6 is 11.6 Å². The number of hydrazone groups is 1. The third-order valence-electron chi connectivity index (χ3n) is 4.72. The number of quaternary nitrogens is 1. The SMILES string of the molecule is C[NH+](CC(=O)N1N=C(c2ccc(Cl)cc2)C[C@H]1c1ccco1)Cc1ccco1. The molecule has 1 N–H and O–H groups in total. The molecule has 1 aliphatic rings. The maximum absolute atomic E-state index is 13.0. The van der Waals surface area contributed by atoms with Crippen molar-refractivity contribution in [3.05, 3.63) is 83.2 Å². The van der Waals surface area contributed by atoms with Gasteiger partial charge >= 0.3 is 0 Å². The van der Waals surface area contributed by atoms with E-state index in [1.807, 2.05) is 55.6 Å². The molecule has 0 bridgehead atoms. The maximum atomic E-state index is 13.0. The smallest absolute Gasteiger partial charge is 0.298 e. The fraction of sp³-hybridized carbons (Fsp3) is 0.238. The molecule has 2 aromatic heterocycles. The van der Waals surface area contributed by atoms with Crippen molar-refractivity contribution in [1.82, 2.24) is 5.01 Å². The van der Waals surface area contributed by atoms with Crippen molar-refractivity contribution >= 4 is 23.2 Å². The monoisotopic (exact) mass is 398 g/mol. The van der Waals surface area contributed by atoms with Gasteiger partial charge in [-0.15, -0.1) is 0 Å². The van der Waals surface area contributed by atoms with Gasteiger partial charge in [-0.2, -0.15) is 5.10 Å². The zero-order chi connectivity index (χ0) is 19.5. The molecule has 6 nitrogen and oxygen atoms in total. The van der Waals surface area contributed by atoms with Gasteiger partial charge in [0.1, 0.15) is 18.3 Å². The van der Waals surface area contributed by atoms with Crippen molar-refractivity contribution in [2.24, 2.45) is 5.10 Å². The van der Waals surface area contributed by atoms with Crippen LogP contribution in [0.1, 0.15) is 29.5 Å². The molecule has 0 aliphatic carbocycles. The Labute approximate surface area is 168 Å². The van der Waals surface area contributed by atoms with E-state index in [0.29, 0.717) is 24.5 Å². The van der Waals surface area contributed by atoms with Crippen molar-refractivity contribution in [2.75, 3.05) is 13.6 Å². The van der Waals surface area contributed by atoms with Crippen LogP contribution < -0.4 is 4.90 Å². The van der Waals surface area contributed by atoms with Crippen molar-refractivity contribution in [1.29, 1.82) is 0 Å². The first-order chi connectivity index (χ1) is 13.6. The Morgan fingerprint density at radius 3 is 2.61 bits per heavy atom. The lowest BCUT2D eigenvalue weighted by molar-refractivity contribution is -0.886. The Morgan fingerprint density at radius 2 is 1.93 bits per heavy atom. The Bertz CT molecular complexity index is 949. The predicted molar refractivity (Wildman–Crippen MR) is 105 cm³/mol. The number of furan rings is 2. The zero-order valence-electron chi connectivity index (χ0n) is 15.5. The molecule has 0 radical (unpaired) electrons. The molecule has 0 fully saturated rings. The highest BCUT2D eigenvalue weighted by molar-refractivity contribution is 6.30. The van der Waals surface area contributed by atoms with Gasteiger partial charge < -0.3 is 13.7 Å². The van der Waals surface area contributed by atoms with Gasteiger partial charge in [0.05, 0.1) is 25.3 Å². The number of amides is 1. The number of carbonyl (C=O) groups is 1. The van der Waals surface area contributed by atoms with Gasteiger partial charge in [0, 0.05) is 11.4 Å². The summed E-state index contributed by atoms with van der Waals surface area (Å²) in [5.74, 6) is 1.51. The largest absolute Gasteiger partial charge is 0.467 e. The van der Waals surface area contributed by atoms with Crippen LogP contribution in [-0.4, -0.2) is 30.2 Å². The van der Waals surface area contributed by atoms with Gasteiger partial charge in [0.2, 0.25) is 0 Å². The average Bonchev–Trinajstić information content (AvgIpc) is 3.43. The van der Waals surface area contributed by atoms with E-state index in [1.165, 1.54) is 0 Å². The maximum Gasteiger partial charge on any atom is 0.298 e. The predicted octanol–water partition coefficient (Wildman–Crippen LogP) is 2.92. The number of benzene rings is 1. The third-order valence-corrected chi connectivity index (χ3v) is 4.98. The number of nitrogens with one attached hydrogen (secondary N) is 1. The lowest BCUT2D eigenvalue weighted by atomic mass is 10.0. The number of hydrogen-bond donors (Lipinski definition) is 1. The molecule has 7 heteroatoms. The van der Waals surface area contributed by atoms with Gasteiger partial charge in [-0.05, 0) is 42.0 Å². The van der Waals surface area contributed by atoms with E-state index >= 15 is 0 Å². The summed E-state index contributed by atoms with van der Waals surface area (Å²) in [6, 6.07) is 14.7. The molecule has 0 saturated heterocycles. The van der Waals surface area contributed by atoms with E-state index in [2.05, 4.69) is 5.10 Å². The first-order valence-electron chi connectivity index (χ1n) is 9.12. The second-order valence-electron chi connectivity index (χ2n) is 6.92. The summed E-state index contributed by atoms with van der Waals surface area (Å²) in [5, 5.41) is 6.85. The molecule has 144 valence electrons. The van der Waals surface area contributed by atoms with Crippen LogP contribution in [0, 0.1) is 0 Å². The molecule has 1 aromatic carbocycles. The Balaban J connectivity index is 1.53. The summed E-state index contributed by atoms with van der Waals surface area (Å²) in [5.41, 5.74) is 1.79. The number of nitrogens with zero attached hydrogens (tertiary/aromatic N) is 2. The van der Waals surface area contributed by atoms with Crippen molar-refractivity contribution in [3.8, 4) is 0 Å². The van der Waals surface area contributed by atoms with E-state index < -0.39 is 0 Å². The van der Waals surface area contributed by atoms with E-state index in [0.717, 1.165) is 27.7 Å². The highest BCUT2D eigenvalue weighted by atomic mass is 35.5. The van der Waals surface area contributed by atoms with Gasteiger partial charge in [-0.1, -0.05) is 23.7 Å². The average molecular weight is 399 g/mol. The standard InChI is InChI=1S/C21H20ClN3O3/c1-24(13-17-4-2-10-27-17)14-21(26)25-19(20-5-3-11-28-20)12-18(23-25)15-6-8-16(22)9-7-15/h2-11,19H,12-14H2,1H3/p+1/t19-/m0/s1. The van der Waals surface area contributed by atoms with E-state index in [4.69, 9.17) is 20.4 Å². The Hall–Kier alpha value is -2.83. The number of rotatable bonds is 6. The molecular weight excluding hydrogens is 378 g/mol. The minimum Gasteiger partial charge on any atom is -0.467 e. The van der Waals surface area contributed by atoms with Crippen molar-refractivity contribution in [2.45, 2.75) is 19.0 Å². The fourth-order valence-electron chi connectivity index (χ4n) is 3.37. The molecule has 4 rings (SSSR count). The lowest BCUT2D eigenvalue weighted by Crippen LogP contribution is -3.08. The number of likely N-dealkylation sites (N-methyl/N-ethyl adjacent to an activating group) is 1.